The van der Waals surface area contributed by atoms with Crippen LogP contribution in [0.3, 0.4) is 0 Å². The highest BCUT2D eigenvalue weighted by Gasteiger charge is 2.24. The predicted octanol–water partition coefficient (Wildman–Crippen LogP) is 4.41. The molecule has 0 saturated carbocycles. The van der Waals surface area contributed by atoms with Crippen LogP contribution in [0.4, 0.5) is 20.0 Å². The number of halogens is 1. The minimum absolute atomic E-state index is 0.210. The molecule has 1 fully saturated rings. The quantitative estimate of drug-likeness (QED) is 0.712. The van der Waals surface area contributed by atoms with Gasteiger partial charge in [-0.15, -0.1) is 0 Å². The van der Waals surface area contributed by atoms with E-state index in [9.17, 15) is 9.18 Å². The summed E-state index contributed by atoms with van der Waals surface area (Å²) in [4.78, 5) is 21.1. The summed E-state index contributed by atoms with van der Waals surface area (Å²) in [5, 5.41) is 3.64. The number of rotatable bonds is 2. The molecule has 1 N–H and O–H groups in total. The second kappa shape index (κ2) is 7.15. The van der Waals surface area contributed by atoms with Crippen molar-refractivity contribution in [3.8, 4) is 0 Å². The van der Waals surface area contributed by atoms with Gasteiger partial charge in [-0.25, -0.2) is 14.2 Å². The van der Waals surface area contributed by atoms with E-state index in [2.05, 4.69) is 36.2 Å². The average Bonchev–Trinajstić information content (AvgIpc) is 3.08. The van der Waals surface area contributed by atoms with Crippen LogP contribution in [-0.4, -0.2) is 42.1 Å². The van der Waals surface area contributed by atoms with Crippen molar-refractivity contribution in [3.05, 3.63) is 53.3 Å². The summed E-state index contributed by atoms with van der Waals surface area (Å²) < 4.78 is 14.9. The molecule has 5 nitrogen and oxygen atoms in total. The van der Waals surface area contributed by atoms with Crippen molar-refractivity contribution < 1.29 is 9.18 Å². The second-order valence-electron chi connectivity index (χ2n) is 6.81. The first-order valence-corrected chi connectivity index (χ1v) is 9.76. The summed E-state index contributed by atoms with van der Waals surface area (Å²) in [5.74, 6) is -0.426. The number of benzene rings is 2. The van der Waals surface area contributed by atoms with Crippen LogP contribution in [0.5, 0.6) is 0 Å². The van der Waals surface area contributed by atoms with E-state index in [1.165, 1.54) is 21.9 Å². The van der Waals surface area contributed by atoms with Gasteiger partial charge in [-0.05, 0) is 43.2 Å². The third-order valence-corrected chi connectivity index (χ3v) is 6.03. The first-order chi connectivity index (χ1) is 13.0. The maximum atomic E-state index is 13.7. The topological polar surface area (TPSA) is 48.5 Å². The molecule has 2 amide bonds. The summed E-state index contributed by atoms with van der Waals surface area (Å²) in [6, 6.07) is 10.2. The zero-order valence-corrected chi connectivity index (χ0v) is 16.1. The van der Waals surface area contributed by atoms with Crippen LogP contribution in [0.15, 0.2) is 36.4 Å². The zero-order valence-electron chi connectivity index (χ0n) is 15.3. The first-order valence-electron chi connectivity index (χ1n) is 8.94. The molecule has 2 heterocycles. The Morgan fingerprint density at radius 2 is 1.89 bits per heavy atom. The summed E-state index contributed by atoms with van der Waals surface area (Å²) in [7, 11) is 0. The van der Waals surface area contributed by atoms with Crippen LogP contribution in [-0.2, 0) is 0 Å². The molecule has 0 spiro atoms. The van der Waals surface area contributed by atoms with E-state index in [4.69, 9.17) is 4.98 Å². The SMILES string of the molecule is Cc1cc(C)c2sc(N3CCN(C(=O)Nc4ccccc4F)CC3)nc2c1. The van der Waals surface area contributed by atoms with Crippen LogP contribution in [0.2, 0.25) is 0 Å². The van der Waals surface area contributed by atoms with Crippen molar-refractivity contribution in [2.24, 2.45) is 0 Å². The van der Waals surface area contributed by atoms with Gasteiger partial charge in [-0.3, -0.25) is 0 Å². The van der Waals surface area contributed by atoms with Gasteiger partial charge in [-0.1, -0.05) is 29.5 Å². The van der Waals surface area contributed by atoms with Gasteiger partial charge in [0.05, 0.1) is 15.9 Å². The number of piperazine rings is 1. The molecule has 2 aromatic carbocycles. The van der Waals surface area contributed by atoms with Gasteiger partial charge in [0.2, 0.25) is 0 Å². The van der Waals surface area contributed by atoms with Gasteiger partial charge in [0.15, 0.2) is 5.13 Å². The number of fused-ring (bicyclic) bond motifs is 1. The van der Waals surface area contributed by atoms with Crippen molar-refractivity contribution in [2.75, 3.05) is 36.4 Å². The molecule has 0 atom stereocenters. The number of amides is 2. The Labute approximate surface area is 161 Å². The van der Waals surface area contributed by atoms with E-state index in [0.717, 1.165) is 10.6 Å². The van der Waals surface area contributed by atoms with Gasteiger partial charge in [0, 0.05) is 26.2 Å². The van der Waals surface area contributed by atoms with Crippen molar-refractivity contribution in [3.63, 3.8) is 0 Å². The fourth-order valence-corrected chi connectivity index (χ4v) is 4.43. The fourth-order valence-electron chi connectivity index (χ4n) is 3.36. The molecule has 1 saturated heterocycles. The molecule has 0 aliphatic carbocycles. The Morgan fingerprint density at radius 3 is 2.63 bits per heavy atom. The number of hydrogen-bond acceptors (Lipinski definition) is 4. The number of carbonyl (C=O) groups excluding carboxylic acids is 1. The summed E-state index contributed by atoms with van der Waals surface area (Å²) >= 11 is 1.70. The Hall–Kier alpha value is -2.67. The zero-order chi connectivity index (χ0) is 19.0. The van der Waals surface area contributed by atoms with E-state index in [1.54, 1.807) is 34.4 Å². The third kappa shape index (κ3) is 3.60. The maximum Gasteiger partial charge on any atom is 0.322 e. The summed E-state index contributed by atoms with van der Waals surface area (Å²) in [5.41, 5.74) is 3.71. The molecule has 4 rings (SSSR count). The van der Waals surface area contributed by atoms with Crippen molar-refractivity contribution >= 4 is 38.4 Å². The van der Waals surface area contributed by atoms with Gasteiger partial charge in [-0.2, -0.15) is 0 Å². The molecule has 7 heteroatoms. The minimum Gasteiger partial charge on any atom is -0.345 e. The number of urea groups is 1. The molecule has 0 bridgehead atoms. The Bertz CT molecular complexity index is 995. The van der Waals surface area contributed by atoms with E-state index in [-0.39, 0.29) is 11.7 Å². The largest absolute Gasteiger partial charge is 0.345 e. The number of para-hydroxylation sites is 1. The van der Waals surface area contributed by atoms with Crippen LogP contribution in [0.1, 0.15) is 11.1 Å². The maximum absolute atomic E-state index is 13.7. The molecular formula is C20H21FN4OS. The second-order valence-corrected chi connectivity index (χ2v) is 7.79. The molecule has 3 aromatic rings. The third-order valence-electron chi connectivity index (χ3n) is 4.76. The molecule has 0 radical (unpaired) electrons. The van der Waals surface area contributed by atoms with E-state index in [0.29, 0.717) is 26.2 Å². The Balaban J connectivity index is 1.42. The molecule has 1 aliphatic heterocycles. The first kappa shape index (κ1) is 17.7. The average molecular weight is 384 g/mol. The lowest BCUT2D eigenvalue weighted by Gasteiger charge is -2.34. The number of carbonyl (C=O) groups is 1. The molecule has 1 aliphatic rings. The highest BCUT2D eigenvalue weighted by atomic mass is 32.1. The van der Waals surface area contributed by atoms with Crippen molar-refractivity contribution in [1.82, 2.24) is 9.88 Å². The number of aromatic nitrogens is 1. The monoisotopic (exact) mass is 384 g/mol. The lowest BCUT2D eigenvalue weighted by Crippen LogP contribution is -2.50. The van der Waals surface area contributed by atoms with E-state index >= 15 is 0 Å². The van der Waals surface area contributed by atoms with Crippen molar-refractivity contribution in [1.29, 1.82) is 0 Å². The predicted molar refractivity (Wildman–Crippen MR) is 108 cm³/mol. The Morgan fingerprint density at radius 1 is 1.15 bits per heavy atom. The number of thiazole rings is 1. The molecule has 140 valence electrons. The summed E-state index contributed by atoms with van der Waals surface area (Å²) in [6.07, 6.45) is 0. The lowest BCUT2D eigenvalue weighted by molar-refractivity contribution is 0.208. The van der Waals surface area contributed by atoms with Crippen molar-refractivity contribution in [2.45, 2.75) is 13.8 Å². The van der Waals surface area contributed by atoms with Gasteiger partial charge >= 0.3 is 6.03 Å². The molecule has 0 unspecified atom stereocenters. The lowest BCUT2D eigenvalue weighted by atomic mass is 10.1. The number of aryl methyl sites for hydroxylation is 2. The van der Waals surface area contributed by atoms with Gasteiger partial charge < -0.3 is 15.1 Å². The standard InChI is InChI=1S/C20H21FN4OS/c1-13-11-14(2)18-17(12-13)23-20(27-18)25-9-7-24(8-10-25)19(26)22-16-6-4-3-5-15(16)21/h3-6,11-12H,7-10H2,1-2H3,(H,22,26). The fraction of sp³-hybridized carbons (Fsp3) is 0.300. The van der Waals surface area contributed by atoms with Gasteiger partial charge in [0.1, 0.15) is 5.82 Å². The van der Waals surface area contributed by atoms with E-state index < -0.39 is 5.82 Å². The number of hydrogen-bond donors (Lipinski definition) is 1. The number of nitrogens with zero attached hydrogens (tertiary/aromatic N) is 3. The van der Waals surface area contributed by atoms with Crippen LogP contribution < -0.4 is 10.2 Å². The summed E-state index contributed by atoms with van der Waals surface area (Å²) in [6.45, 7) is 6.77. The van der Waals surface area contributed by atoms with E-state index in [1.807, 2.05) is 0 Å². The smallest absolute Gasteiger partial charge is 0.322 e. The highest BCUT2D eigenvalue weighted by molar-refractivity contribution is 7.22. The van der Waals surface area contributed by atoms with Crippen LogP contribution in [0.25, 0.3) is 10.2 Å². The normalized spacial score (nSPS) is 14.6. The van der Waals surface area contributed by atoms with Crippen LogP contribution >= 0.6 is 11.3 Å². The minimum atomic E-state index is -0.426. The highest BCUT2D eigenvalue weighted by Crippen LogP contribution is 2.32. The molecule has 27 heavy (non-hydrogen) atoms. The molecule has 1 aromatic heterocycles. The molecular weight excluding hydrogens is 363 g/mol. The van der Waals surface area contributed by atoms with Gasteiger partial charge in [0.25, 0.3) is 0 Å². The van der Waals surface area contributed by atoms with Crippen LogP contribution in [0, 0.1) is 19.7 Å². The number of nitrogens with one attached hydrogen (secondary N) is 1. The Kier molecular flexibility index (Phi) is 4.70. The number of anilines is 2.